The third-order valence-corrected chi connectivity index (χ3v) is 1.07. The zero-order valence-electron chi connectivity index (χ0n) is 8.86. The number of hydrogen-bond acceptors (Lipinski definition) is 4. The lowest BCUT2D eigenvalue weighted by Crippen LogP contribution is -2.01. The molecule has 0 aliphatic carbocycles. The third kappa shape index (κ3) is 30.2. The first-order valence-corrected chi connectivity index (χ1v) is 4.61. The molecule has 0 amide bonds. The molecule has 14 heavy (non-hydrogen) atoms. The summed E-state index contributed by atoms with van der Waals surface area (Å²) in [5.41, 5.74) is 0. The van der Waals surface area contributed by atoms with Gasteiger partial charge in [-0.15, -0.1) is 0 Å². The van der Waals surface area contributed by atoms with E-state index in [-0.39, 0.29) is 6.61 Å². The topological polar surface area (TPSA) is 76.0 Å². The molecule has 0 aromatic heterocycles. The van der Waals surface area contributed by atoms with Crippen LogP contribution in [0.3, 0.4) is 0 Å². The standard InChI is InChI=1S/C7H16O3.C2H4O2/c1-2-9-7-10-6-4-3-5-8;1-2(3)4/h8H,2-7H2,1H3;1H3,(H,3,4). The average Bonchev–Trinajstić information content (AvgIpc) is 2.10. The summed E-state index contributed by atoms with van der Waals surface area (Å²) in [6, 6.07) is 0. The molecule has 0 fully saturated rings. The van der Waals surface area contributed by atoms with Crippen LogP contribution in [0.15, 0.2) is 0 Å². The first-order chi connectivity index (χ1) is 6.65. The largest absolute Gasteiger partial charge is 0.481 e. The highest BCUT2D eigenvalue weighted by Crippen LogP contribution is 1.88. The normalized spacial score (nSPS) is 9.07. The molecule has 0 unspecified atom stereocenters. The number of aliphatic hydroxyl groups excluding tert-OH is 1. The van der Waals surface area contributed by atoms with E-state index < -0.39 is 5.97 Å². The lowest BCUT2D eigenvalue weighted by atomic mass is 10.3. The third-order valence-electron chi connectivity index (χ3n) is 1.07. The van der Waals surface area contributed by atoms with Crippen molar-refractivity contribution >= 4 is 5.97 Å². The summed E-state index contributed by atoms with van der Waals surface area (Å²) in [6.45, 7) is 5.01. The minimum atomic E-state index is -0.833. The number of carbonyl (C=O) groups is 1. The number of aliphatic hydroxyl groups is 1. The Morgan fingerprint density at radius 1 is 1.29 bits per heavy atom. The highest BCUT2D eigenvalue weighted by Gasteiger charge is 1.86. The van der Waals surface area contributed by atoms with Gasteiger partial charge in [0.25, 0.3) is 5.97 Å². The van der Waals surface area contributed by atoms with Gasteiger partial charge >= 0.3 is 0 Å². The number of rotatable bonds is 7. The maximum Gasteiger partial charge on any atom is 0.300 e. The first-order valence-electron chi connectivity index (χ1n) is 4.61. The van der Waals surface area contributed by atoms with Crippen LogP contribution in [0.25, 0.3) is 0 Å². The predicted octanol–water partition coefficient (Wildman–Crippen LogP) is 0.860. The maximum absolute atomic E-state index is 9.00. The Labute approximate surface area is 84.6 Å². The van der Waals surface area contributed by atoms with Crippen molar-refractivity contribution in [3.05, 3.63) is 0 Å². The van der Waals surface area contributed by atoms with Crippen molar-refractivity contribution in [3.63, 3.8) is 0 Å². The van der Waals surface area contributed by atoms with Crippen molar-refractivity contribution in [1.29, 1.82) is 0 Å². The molecular formula is C9H20O5. The molecule has 0 bridgehead atoms. The smallest absolute Gasteiger partial charge is 0.300 e. The van der Waals surface area contributed by atoms with Crippen LogP contribution < -0.4 is 0 Å². The predicted molar refractivity (Wildman–Crippen MR) is 52.1 cm³/mol. The van der Waals surface area contributed by atoms with E-state index in [0.29, 0.717) is 20.0 Å². The van der Waals surface area contributed by atoms with E-state index in [1.807, 2.05) is 6.92 Å². The minimum Gasteiger partial charge on any atom is -0.481 e. The first kappa shape index (κ1) is 15.8. The van der Waals surface area contributed by atoms with Crippen LogP contribution in [0.5, 0.6) is 0 Å². The molecule has 0 heterocycles. The second-order valence-corrected chi connectivity index (χ2v) is 2.47. The van der Waals surface area contributed by atoms with Crippen molar-refractivity contribution in [1.82, 2.24) is 0 Å². The van der Waals surface area contributed by atoms with Crippen LogP contribution in [-0.4, -0.2) is 42.8 Å². The van der Waals surface area contributed by atoms with Gasteiger partial charge in [0.05, 0.1) is 0 Å². The zero-order chi connectivity index (χ0) is 11.2. The number of carboxylic acids is 1. The molecule has 86 valence electrons. The van der Waals surface area contributed by atoms with Gasteiger partial charge in [-0.3, -0.25) is 4.79 Å². The number of ether oxygens (including phenoxy) is 2. The number of unbranched alkanes of at least 4 members (excludes halogenated alkanes) is 1. The van der Waals surface area contributed by atoms with E-state index in [1.165, 1.54) is 0 Å². The molecule has 0 rings (SSSR count). The van der Waals surface area contributed by atoms with Gasteiger partial charge in [0.2, 0.25) is 0 Å². The lowest BCUT2D eigenvalue weighted by Gasteiger charge is -2.01. The van der Waals surface area contributed by atoms with Crippen LogP contribution in [0, 0.1) is 0 Å². The Bertz CT molecular complexity index is 104. The van der Waals surface area contributed by atoms with Gasteiger partial charge in [0.1, 0.15) is 6.79 Å². The van der Waals surface area contributed by atoms with E-state index in [1.54, 1.807) is 0 Å². The van der Waals surface area contributed by atoms with Gasteiger partial charge in [-0.25, -0.2) is 0 Å². The summed E-state index contributed by atoms with van der Waals surface area (Å²) < 4.78 is 9.97. The van der Waals surface area contributed by atoms with Crippen molar-refractivity contribution in [2.75, 3.05) is 26.6 Å². The van der Waals surface area contributed by atoms with Gasteiger partial charge in [-0.1, -0.05) is 0 Å². The minimum absolute atomic E-state index is 0.248. The molecule has 0 atom stereocenters. The fraction of sp³-hybridized carbons (Fsp3) is 0.889. The van der Waals surface area contributed by atoms with Gasteiger partial charge in [-0.05, 0) is 19.8 Å². The van der Waals surface area contributed by atoms with E-state index >= 15 is 0 Å². The number of aliphatic carboxylic acids is 1. The number of carboxylic acid groups (broad SMARTS) is 1. The highest BCUT2D eigenvalue weighted by molar-refractivity contribution is 5.62. The zero-order valence-corrected chi connectivity index (χ0v) is 8.86. The second kappa shape index (κ2) is 14.9. The monoisotopic (exact) mass is 208 g/mol. The summed E-state index contributed by atoms with van der Waals surface area (Å²) in [4.78, 5) is 9.00. The van der Waals surface area contributed by atoms with Gasteiger partial charge in [0.15, 0.2) is 0 Å². The summed E-state index contributed by atoms with van der Waals surface area (Å²) in [7, 11) is 0. The van der Waals surface area contributed by atoms with E-state index in [9.17, 15) is 0 Å². The summed E-state index contributed by atoms with van der Waals surface area (Å²) >= 11 is 0. The molecule has 0 saturated heterocycles. The van der Waals surface area contributed by atoms with Crippen LogP contribution in [-0.2, 0) is 14.3 Å². The SMILES string of the molecule is CC(=O)O.CCOCOCCCCO. The summed E-state index contributed by atoms with van der Waals surface area (Å²) in [5, 5.41) is 15.8. The van der Waals surface area contributed by atoms with Crippen molar-refractivity contribution in [3.8, 4) is 0 Å². The molecule has 0 spiro atoms. The van der Waals surface area contributed by atoms with E-state index in [4.69, 9.17) is 24.5 Å². The summed E-state index contributed by atoms with van der Waals surface area (Å²) in [5.74, 6) is -0.833. The van der Waals surface area contributed by atoms with Gasteiger partial charge < -0.3 is 19.7 Å². The molecule has 5 nitrogen and oxygen atoms in total. The van der Waals surface area contributed by atoms with Crippen LogP contribution in [0.4, 0.5) is 0 Å². The lowest BCUT2D eigenvalue weighted by molar-refractivity contribution is -0.134. The van der Waals surface area contributed by atoms with E-state index in [2.05, 4.69) is 0 Å². The Morgan fingerprint density at radius 3 is 2.29 bits per heavy atom. The second-order valence-electron chi connectivity index (χ2n) is 2.47. The van der Waals surface area contributed by atoms with Crippen molar-refractivity contribution in [2.24, 2.45) is 0 Å². The Hall–Kier alpha value is -0.650. The Balaban J connectivity index is 0. The number of hydrogen-bond donors (Lipinski definition) is 2. The summed E-state index contributed by atoms with van der Waals surface area (Å²) in [6.07, 6.45) is 1.72. The Morgan fingerprint density at radius 2 is 1.86 bits per heavy atom. The quantitative estimate of drug-likeness (QED) is 0.479. The molecule has 0 saturated carbocycles. The van der Waals surface area contributed by atoms with Gasteiger partial charge in [0, 0.05) is 26.7 Å². The van der Waals surface area contributed by atoms with Gasteiger partial charge in [-0.2, -0.15) is 0 Å². The van der Waals surface area contributed by atoms with Crippen LogP contribution >= 0.6 is 0 Å². The molecule has 0 aromatic carbocycles. The van der Waals surface area contributed by atoms with Crippen LogP contribution in [0.2, 0.25) is 0 Å². The fourth-order valence-electron chi connectivity index (χ4n) is 0.517. The Kier molecular flexibility index (Phi) is 16.8. The van der Waals surface area contributed by atoms with Crippen molar-refractivity contribution in [2.45, 2.75) is 26.7 Å². The molecule has 0 aromatic rings. The maximum atomic E-state index is 9.00. The fourth-order valence-corrected chi connectivity index (χ4v) is 0.517. The average molecular weight is 208 g/mol. The van der Waals surface area contributed by atoms with Crippen LogP contribution in [0.1, 0.15) is 26.7 Å². The molecule has 0 aliphatic heterocycles. The molecular weight excluding hydrogens is 188 g/mol. The van der Waals surface area contributed by atoms with Crippen molar-refractivity contribution < 1.29 is 24.5 Å². The molecule has 5 heteroatoms. The highest BCUT2D eigenvalue weighted by atomic mass is 16.7. The molecule has 2 N–H and O–H groups in total. The molecule has 0 aliphatic rings. The molecule has 0 radical (unpaired) electrons. The van der Waals surface area contributed by atoms with E-state index in [0.717, 1.165) is 19.8 Å².